The first-order chi connectivity index (χ1) is 7.43. The van der Waals surface area contributed by atoms with Crippen molar-refractivity contribution in [2.24, 2.45) is 0 Å². The number of carbonyl (C=O) groups excluding carboxylic acids is 1. The van der Waals surface area contributed by atoms with Gasteiger partial charge in [-0.1, -0.05) is 0 Å². The Hall–Kier alpha value is -1.62. The third-order valence-corrected chi connectivity index (χ3v) is 2.11. The van der Waals surface area contributed by atoms with E-state index >= 15 is 0 Å². The number of rotatable bonds is 1. The average molecular weight is 249 g/mol. The van der Waals surface area contributed by atoms with Crippen LogP contribution >= 0.6 is 9.47 Å². The van der Waals surface area contributed by atoms with E-state index in [-0.39, 0.29) is 22.7 Å². The molecule has 1 aliphatic heterocycles. The van der Waals surface area contributed by atoms with Gasteiger partial charge in [0.15, 0.2) is 11.5 Å². The molecule has 8 heteroatoms. The zero-order valence-corrected chi connectivity index (χ0v) is 8.85. The highest BCUT2D eigenvalue weighted by Gasteiger charge is 2.44. The predicted molar refractivity (Wildman–Crippen MR) is 52.2 cm³/mol. The number of ether oxygens (including phenoxy) is 2. The number of alkyl halides is 2. The fraction of sp³-hybridized carbons (Fsp3) is 0.125. The van der Waals surface area contributed by atoms with E-state index in [1.54, 1.807) is 9.47 Å². The molecule has 1 aromatic rings. The van der Waals surface area contributed by atoms with Gasteiger partial charge in [0.1, 0.15) is 0 Å². The molecule has 1 unspecified atom stereocenters. The summed E-state index contributed by atoms with van der Waals surface area (Å²) in [6.07, 6.45) is -3.74. The van der Waals surface area contributed by atoms with E-state index in [1.165, 1.54) is 0 Å². The monoisotopic (exact) mass is 249 g/mol. The van der Waals surface area contributed by atoms with Crippen molar-refractivity contribution in [2.75, 3.05) is 5.73 Å². The van der Waals surface area contributed by atoms with Crippen molar-refractivity contribution in [3.05, 3.63) is 17.7 Å². The highest BCUT2D eigenvalue weighted by Crippen LogP contribution is 2.43. The van der Waals surface area contributed by atoms with Crippen LogP contribution < -0.4 is 15.2 Å². The van der Waals surface area contributed by atoms with Gasteiger partial charge in [-0.15, -0.1) is 8.78 Å². The maximum Gasteiger partial charge on any atom is 0.586 e. The molecule has 0 fully saturated rings. The molecule has 0 aromatic heterocycles. The number of carbonyl (C=O) groups is 1. The standard InChI is InChI=1S/C8H6F2NO4P/c9-8(10)13-5-1-3(7(12)15-16)4(11)2-6(5)14-8/h1-2H,11,16H2. The largest absolute Gasteiger partial charge is 0.586 e. The number of halogens is 2. The molecule has 0 saturated carbocycles. The summed E-state index contributed by atoms with van der Waals surface area (Å²) >= 11 is 0. The molecule has 0 bridgehead atoms. The fourth-order valence-electron chi connectivity index (χ4n) is 1.25. The summed E-state index contributed by atoms with van der Waals surface area (Å²) in [5.74, 6) is -1.25. The molecular formula is C8H6F2NO4P. The Morgan fingerprint density at radius 3 is 2.50 bits per heavy atom. The van der Waals surface area contributed by atoms with Gasteiger partial charge in [0.05, 0.1) is 20.7 Å². The summed E-state index contributed by atoms with van der Waals surface area (Å²) in [5, 5.41) is 0. The molecule has 1 atom stereocenters. The molecule has 86 valence electrons. The van der Waals surface area contributed by atoms with Crippen LogP contribution in [-0.2, 0) is 4.52 Å². The van der Waals surface area contributed by atoms with Crippen LogP contribution in [0, 0.1) is 0 Å². The smallest absolute Gasteiger partial charge is 0.448 e. The minimum Gasteiger partial charge on any atom is -0.448 e. The molecule has 5 nitrogen and oxygen atoms in total. The van der Waals surface area contributed by atoms with Crippen LogP contribution in [0.1, 0.15) is 10.4 Å². The van der Waals surface area contributed by atoms with Crippen LogP contribution in [0.25, 0.3) is 0 Å². The Balaban J connectivity index is 2.45. The number of nitrogen functional groups attached to an aromatic ring is 1. The van der Waals surface area contributed by atoms with Gasteiger partial charge >= 0.3 is 12.3 Å². The summed E-state index contributed by atoms with van der Waals surface area (Å²) in [7, 11) is 1.74. The number of hydrogen-bond donors (Lipinski definition) is 1. The second-order valence-corrected chi connectivity index (χ2v) is 3.19. The highest BCUT2D eigenvalue weighted by atomic mass is 31.0. The molecule has 0 amide bonds. The first-order valence-electron chi connectivity index (χ1n) is 4.03. The lowest BCUT2D eigenvalue weighted by molar-refractivity contribution is -0.286. The zero-order chi connectivity index (χ0) is 11.9. The lowest BCUT2D eigenvalue weighted by Crippen LogP contribution is -2.25. The van der Waals surface area contributed by atoms with Gasteiger partial charge < -0.3 is 19.7 Å². The van der Waals surface area contributed by atoms with E-state index in [1.807, 2.05) is 0 Å². The second kappa shape index (κ2) is 3.45. The topological polar surface area (TPSA) is 70.8 Å². The summed E-state index contributed by atoms with van der Waals surface area (Å²) in [6.45, 7) is 0. The summed E-state index contributed by atoms with van der Waals surface area (Å²) in [5.41, 5.74) is 5.36. The van der Waals surface area contributed by atoms with Crippen LogP contribution in [0.5, 0.6) is 11.5 Å². The van der Waals surface area contributed by atoms with Gasteiger partial charge in [-0.3, -0.25) is 0 Å². The maximum absolute atomic E-state index is 12.7. The number of fused-ring (bicyclic) bond motifs is 1. The van der Waals surface area contributed by atoms with E-state index in [0.29, 0.717) is 0 Å². The molecule has 2 N–H and O–H groups in total. The van der Waals surface area contributed by atoms with Crippen LogP contribution in [-0.4, -0.2) is 12.3 Å². The van der Waals surface area contributed by atoms with Gasteiger partial charge in [0.25, 0.3) is 0 Å². The van der Waals surface area contributed by atoms with Gasteiger partial charge in [0, 0.05) is 12.1 Å². The van der Waals surface area contributed by atoms with E-state index in [0.717, 1.165) is 12.1 Å². The van der Waals surface area contributed by atoms with Crippen LogP contribution in [0.15, 0.2) is 12.1 Å². The molecule has 1 aromatic carbocycles. The molecule has 0 spiro atoms. The van der Waals surface area contributed by atoms with Crippen molar-refractivity contribution in [1.29, 1.82) is 0 Å². The second-order valence-electron chi connectivity index (χ2n) is 2.96. The average Bonchev–Trinajstić information content (AvgIpc) is 2.48. The van der Waals surface area contributed by atoms with Crippen molar-refractivity contribution < 1.29 is 27.6 Å². The molecule has 1 heterocycles. The molecule has 1 aliphatic rings. The molecule has 0 saturated heterocycles. The minimum atomic E-state index is -3.74. The first kappa shape index (κ1) is 10.9. The zero-order valence-electron chi connectivity index (χ0n) is 7.70. The van der Waals surface area contributed by atoms with E-state index in [4.69, 9.17) is 5.73 Å². The van der Waals surface area contributed by atoms with E-state index in [9.17, 15) is 13.6 Å². The van der Waals surface area contributed by atoms with Crippen molar-refractivity contribution >= 4 is 21.1 Å². The first-order valence-corrected chi connectivity index (χ1v) is 4.50. The fourth-order valence-corrected chi connectivity index (χ4v) is 1.38. The Morgan fingerprint density at radius 2 is 1.94 bits per heavy atom. The highest BCUT2D eigenvalue weighted by molar-refractivity contribution is 7.10. The van der Waals surface area contributed by atoms with Crippen molar-refractivity contribution in [1.82, 2.24) is 0 Å². The lowest BCUT2D eigenvalue weighted by atomic mass is 10.1. The van der Waals surface area contributed by atoms with E-state index < -0.39 is 12.3 Å². The quantitative estimate of drug-likeness (QED) is 0.603. The summed E-state index contributed by atoms with van der Waals surface area (Å²) in [4.78, 5) is 11.2. The lowest BCUT2D eigenvalue weighted by Gasteiger charge is -2.04. The Labute approximate surface area is 90.7 Å². The number of nitrogens with two attached hydrogens (primary N) is 1. The van der Waals surface area contributed by atoms with Crippen LogP contribution in [0.2, 0.25) is 0 Å². The third kappa shape index (κ3) is 1.74. The van der Waals surface area contributed by atoms with Crippen LogP contribution in [0.3, 0.4) is 0 Å². The molecule has 2 rings (SSSR count). The van der Waals surface area contributed by atoms with Crippen molar-refractivity contribution in [3.63, 3.8) is 0 Å². The molecule has 0 radical (unpaired) electrons. The van der Waals surface area contributed by atoms with Gasteiger partial charge in [-0.2, -0.15) is 0 Å². The minimum absolute atomic E-state index is 0.0347. The molecular weight excluding hydrogens is 243 g/mol. The Kier molecular flexibility index (Phi) is 2.35. The van der Waals surface area contributed by atoms with Crippen LogP contribution in [0.4, 0.5) is 14.5 Å². The maximum atomic E-state index is 12.7. The van der Waals surface area contributed by atoms with Gasteiger partial charge in [-0.25, -0.2) is 4.79 Å². The number of anilines is 1. The number of hydrogen-bond acceptors (Lipinski definition) is 5. The van der Waals surface area contributed by atoms with Crippen molar-refractivity contribution in [2.45, 2.75) is 6.29 Å². The van der Waals surface area contributed by atoms with E-state index in [2.05, 4.69) is 14.0 Å². The SMILES string of the molecule is Nc1cc2c(cc1C(=O)OP)OC(F)(F)O2. The Bertz CT molecular complexity index is 466. The third-order valence-electron chi connectivity index (χ3n) is 1.90. The molecule has 0 aliphatic carbocycles. The number of benzene rings is 1. The predicted octanol–water partition coefficient (Wildman–Crippen LogP) is 1.54. The Morgan fingerprint density at radius 1 is 1.38 bits per heavy atom. The van der Waals surface area contributed by atoms with Gasteiger partial charge in [0.2, 0.25) is 0 Å². The van der Waals surface area contributed by atoms with Gasteiger partial charge in [-0.05, 0) is 0 Å². The normalized spacial score (nSPS) is 15.9. The summed E-state index contributed by atoms with van der Waals surface area (Å²) in [6, 6.07) is 2.12. The van der Waals surface area contributed by atoms with Crippen molar-refractivity contribution in [3.8, 4) is 11.5 Å². The molecule has 16 heavy (non-hydrogen) atoms. The summed E-state index contributed by atoms with van der Waals surface area (Å²) < 4.78 is 38.0.